The number of piperidine rings is 1. The Kier molecular flexibility index (Phi) is 4.20. The van der Waals surface area contributed by atoms with E-state index in [1.54, 1.807) is 6.26 Å². The molecule has 0 unspecified atom stereocenters. The van der Waals surface area contributed by atoms with Crippen LogP contribution in [0, 0.1) is 0 Å². The largest absolute Gasteiger partial charge is 0.468 e. The highest BCUT2D eigenvalue weighted by Crippen LogP contribution is 2.17. The van der Waals surface area contributed by atoms with Crippen molar-refractivity contribution in [1.29, 1.82) is 0 Å². The third-order valence-corrected chi connectivity index (χ3v) is 3.61. The van der Waals surface area contributed by atoms with Gasteiger partial charge >= 0.3 is 0 Å². The van der Waals surface area contributed by atoms with Gasteiger partial charge in [0.1, 0.15) is 5.76 Å². The second kappa shape index (κ2) is 5.67. The van der Waals surface area contributed by atoms with Gasteiger partial charge < -0.3 is 15.1 Å². The molecule has 0 bridgehead atoms. The first-order valence-corrected chi connectivity index (χ1v) is 6.34. The lowest BCUT2D eigenvalue weighted by atomic mass is 10.0. The average molecular weight is 237 g/mol. The van der Waals surface area contributed by atoms with Gasteiger partial charge in [0.15, 0.2) is 0 Å². The van der Waals surface area contributed by atoms with Crippen molar-refractivity contribution in [2.45, 2.75) is 32.0 Å². The van der Waals surface area contributed by atoms with Gasteiger partial charge in [-0.3, -0.25) is 4.90 Å². The van der Waals surface area contributed by atoms with E-state index in [0.29, 0.717) is 6.54 Å². The monoisotopic (exact) mass is 237 g/mol. The summed E-state index contributed by atoms with van der Waals surface area (Å²) in [4.78, 5) is 4.79. The summed E-state index contributed by atoms with van der Waals surface area (Å²) >= 11 is 0. The number of nitrogens with two attached hydrogens (primary N) is 1. The molecule has 0 atom stereocenters. The number of nitrogens with zero attached hydrogens (tertiary/aromatic N) is 2. The molecular weight excluding hydrogens is 214 g/mol. The summed E-state index contributed by atoms with van der Waals surface area (Å²) in [6.07, 6.45) is 4.26. The van der Waals surface area contributed by atoms with Crippen molar-refractivity contribution in [2.75, 3.05) is 27.2 Å². The molecule has 96 valence electrons. The van der Waals surface area contributed by atoms with Crippen LogP contribution in [0.15, 0.2) is 16.7 Å². The van der Waals surface area contributed by atoms with E-state index in [2.05, 4.69) is 30.0 Å². The van der Waals surface area contributed by atoms with Crippen molar-refractivity contribution < 1.29 is 4.42 Å². The Hall–Kier alpha value is -0.840. The fourth-order valence-electron chi connectivity index (χ4n) is 2.43. The zero-order chi connectivity index (χ0) is 12.3. The third-order valence-electron chi connectivity index (χ3n) is 3.61. The normalized spacial score (nSPS) is 19.1. The Balaban J connectivity index is 1.81. The molecule has 4 heteroatoms. The smallest absolute Gasteiger partial charge is 0.118 e. The summed E-state index contributed by atoms with van der Waals surface area (Å²) in [6.45, 7) is 3.79. The summed E-state index contributed by atoms with van der Waals surface area (Å²) in [5, 5.41) is 0. The third kappa shape index (κ3) is 3.31. The van der Waals surface area contributed by atoms with E-state index >= 15 is 0 Å². The first-order valence-electron chi connectivity index (χ1n) is 6.34. The van der Waals surface area contributed by atoms with Crippen LogP contribution in [0.1, 0.15) is 24.2 Å². The van der Waals surface area contributed by atoms with Crippen LogP contribution in [0.3, 0.4) is 0 Å². The van der Waals surface area contributed by atoms with Gasteiger partial charge in [-0.05, 0) is 33.0 Å². The first-order chi connectivity index (χ1) is 8.19. The highest BCUT2D eigenvalue weighted by molar-refractivity contribution is 5.12. The Labute approximate surface area is 103 Å². The Morgan fingerprint density at radius 2 is 2.12 bits per heavy atom. The predicted molar refractivity (Wildman–Crippen MR) is 68.6 cm³/mol. The van der Waals surface area contributed by atoms with E-state index in [0.717, 1.165) is 37.0 Å². The van der Waals surface area contributed by atoms with Crippen molar-refractivity contribution in [3.8, 4) is 0 Å². The Morgan fingerprint density at radius 3 is 2.65 bits per heavy atom. The van der Waals surface area contributed by atoms with Gasteiger partial charge in [0.2, 0.25) is 0 Å². The van der Waals surface area contributed by atoms with Gasteiger partial charge in [-0.15, -0.1) is 0 Å². The van der Waals surface area contributed by atoms with Crippen molar-refractivity contribution in [3.05, 3.63) is 23.7 Å². The van der Waals surface area contributed by atoms with Gasteiger partial charge in [-0.25, -0.2) is 0 Å². The highest BCUT2D eigenvalue weighted by atomic mass is 16.3. The summed E-state index contributed by atoms with van der Waals surface area (Å²) < 4.78 is 5.50. The maximum absolute atomic E-state index is 5.57. The second-order valence-corrected chi connectivity index (χ2v) is 5.10. The number of hydrogen-bond acceptors (Lipinski definition) is 4. The molecule has 0 aliphatic carbocycles. The zero-order valence-corrected chi connectivity index (χ0v) is 10.9. The Bertz CT molecular complexity index is 340. The van der Waals surface area contributed by atoms with E-state index in [-0.39, 0.29) is 0 Å². The van der Waals surface area contributed by atoms with E-state index in [1.807, 2.05) is 0 Å². The van der Waals surface area contributed by atoms with E-state index < -0.39 is 0 Å². The fraction of sp³-hybridized carbons (Fsp3) is 0.692. The number of hydrogen-bond donors (Lipinski definition) is 1. The summed E-state index contributed by atoms with van der Waals surface area (Å²) in [6, 6.07) is 2.81. The number of rotatable bonds is 4. The topological polar surface area (TPSA) is 45.6 Å². The molecule has 17 heavy (non-hydrogen) atoms. The van der Waals surface area contributed by atoms with Crippen molar-refractivity contribution in [1.82, 2.24) is 9.80 Å². The van der Waals surface area contributed by atoms with Crippen LogP contribution in [0.5, 0.6) is 0 Å². The molecule has 1 aliphatic heterocycles. The van der Waals surface area contributed by atoms with Crippen molar-refractivity contribution in [3.63, 3.8) is 0 Å². The van der Waals surface area contributed by atoms with Gasteiger partial charge in [0.05, 0.1) is 12.8 Å². The van der Waals surface area contributed by atoms with Gasteiger partial charge in [0, 0.05) is 31.2 Å². The first kappa shape index (κ1) is 12.6. The van der Waals surface area contributed by atoms with Crippen LogP contribution in [-0.2, 0) is 13.1 Å². The molecule has 0 aromatic carbocycles. The van der Waals surface area contributed by atoms with E-state index in [1.165, 1.54) is 12.8 Å². The zero-order valence-electron chi connectivity index (χ0n) is 10.9. The number of likely N-dealkylation sites (tertiary alicyclic amines) is 1. The SMILES string of the molecule is CN(C)C1CCN(Cc2cc(CN)co2)CC1. The maximum Gasteiger partial charge on any atom is 0.118 e. The molecule has 1 aliphatic rings. The summed E-state index contributed by atoms with van der Waals surface area (Å²) in [7, 11) is 4.33. The molecule has 2 N–H and O–H groups in total. The molecule has 0 amide bonds. The minimum absolute atomic E-state index is 0.562. The lowest BCUT2D eigenvalue weighted by Gasteiger charge is -2.34. The predicted octanol–water partition coefficient (Wildman–Crippen LogP) is 1.26. The van der Waals surface area contributed by atoms with Crippen molar-refractivity contribution >= 4 is 0 Å². The lowest BCUT2D eigenvalue weighted by molar-refractivity contribution is 0.133. The Morgan fingerprint density at radius 1 is 1.41 bits per heavy atom. The van der Waals surface area contributed by atoms with Crippen LogP contribution >= 0.6 is 0 Å². The van der Waals surface area contributed by atoms with Crippen LogP contribution in [-0.4, -0.2) is 43.0 Å². The van der Waals surface area contributed by atoms with E-state index in [4.69, 9.17) is 10.2 Å². The molecule has 1 saturated heterocycles. The van der Waals surface area contributed by atoms with Gasteiger partial charge in [-0.2, -0.15) is 0 Å². The lowest BCUT2D eigenvalue weighted by Crippen LogP contribution is -2.41. The molecule has 1 fully saturated rings. The number of furan rings is 1. The molecule has 4 nitrogen and oxygen atoms in total. The van der Waals surface area contributed by atoms with Crippen LogP contribution in [0.25, 0.3) is 0 Å². The van der Waals surface area contributed by atoms with Crippen LogP contribution in [0.4, 0.5) is 0 Å². The molecule has 2 heterocycles. The maximum atomic E-state index is 5.57. The van der Waals surface area contributed by atoms with E-state index in [9.17, 15) is 0 Å². The van der Waals surface area contributed by atoms with Gasteiger partial charge in [-0.1, -0.05) is 0 Å². The van der Waals surface area contributed by atoms with Crippen LogP contribution in [0.2, 0.25) is 0 Å². The second-order valence-electron chi connectivity index (χ2n) is 5.10. The average Bonchev–Trinajstić information content (AvgIpc) is 2.77. The molecule has 0 radical (unpaired) electrons. The fourth-order valence-corrected chi connectivity index (χ4v) is 2.43. The summed E-state index contributed by atoms with van der Waals surface area (Å²) in [5.41, 5.74) is 6.65. The summed E-state index contributed by atoms with van der Waals surface area (Å²) in [5.74, 6) is 1.04. The molecule has 0 saturated carbocycles. The molecule has 1 aromatic heterocycles. The van der Waals surface area contributed by atoms with Gasteiger partial charge in [0.25, 0.3) is 0 Å². The minimum atomic E-state index is 0.562. The standard InChI is InChI=1S/C13H23N3O/c1-15(2)12-3-5-16(6-4-12)9-13-7-11(8-14)10-17-13/h7,10,12H,3-6,8-9,14H2,1-2H3. The molecular formula is C13H23N3O. The molecule has 0 spiro atoms. The van der Waals surface area contributed by atoms with Crippen molar-refractivity contribution in [2.24, 2.45) is 5.73 Å². The van der Waals surface area contributed by atoms with Crippen LogP contribution < -0.4 is 5.73 Å². The highest BCUT2D eigenvalue weighted by Gasteiger charge is 2.21. The minimum Gasteiger partial charge on any atom is -0.468 e. The quantitative estimate of drug-likeness (QED) is 0.856. The molecule has 2 rings (SSSR count). The molecule has 1 aromatic rings.